The standard InChI is InChI=1S/C15H21NO2S/c1-11-4-6-13(7-5-11)19-10-8-12-3-2-9-15(12,16)14(17)18/h4-7,12H,2-3,8-10,16H2,1H3,(H,17,18). The number of hydrogen-bond acceptors (Lipinski definition) is 3. The van der Waals surface area contributed by atoms with Crippen LogP contribution in [0, 0.1) is 12.8 Å². The molecular weight excluding hydrogens is 258 g/mol. The fourth-order valence-electron chi connectivity index (χ4n) is 2.74. The van der Waals surface area contributed by atoms with E-state index in [1.807, 2.05) is 0 Å². The summed E-state index contributed by atoms with van der Waals surface area (Å²) in [5.41, 5.74) is 6.30. The van der Waals surface area contributed by atoms with E-state index in [-0.39, 0.29) is 5.92 Å². The Bertz CT molecular complexity index is 446. The fraction of sp³-hybridized carbons (Fsp3) is 0.533. The number of nitrogens with two attached hydrogens (primary N) is 1. The lowest BCUT2D eigenvalue weighted by Crippen LogP contribution is -2.51. The first-order chi connectivity index (χ1) is 9.02. The SMILES string of the molecule is Cc1ccc(SCCC2CCCC2(N)C(=O)O)cc1. The second-order valence-corrected chi connectivity index (χ2v) is 6.55. The normalized spacial score (nSPS) is 26.5. The molecule has 104 valence electrons. The van der Waals surface area contributed by atoms with Gasteiger partial charge in [0.2, 0.25) is 0 Å². The van der Waals surface area contributed by atoms with Crippen LogP contribution in [0.3, 0.4) is 0 Å². The summed E-state index contributed by atoms with van der Waals surface area (Å²) in [7, 11) is 0. The van der Waals surface area contributed by atoms with Crippen molar-refractivity contribution in [1.29, 1.82) is 0 Å². The number of aryl methyl sites for hydroxylation is 1. The van der Waals surface area contributed by atoms with Crippen LogP contribution in [0.4, 0.5) is 0 Å². The Morgan fingerprint density at radius 3 is 2.79 bits per heavy atom. The van der Waals surface area contributed by atoms with Gasteiger partial charge in [0.15, 0.2) is 0 Å². The Balaban J connectivity index is 1.85. The monoisotopic (exact) mass is 279 g/mol. The van der Waals surface area contributed by atoms with E-state index in [1.165, 1.54) is 10.5 Å². The molecule has 1 aromatic rings. The first-order valence-electron chi connectivity index (χ1n) is 6.74. The van der Waals surface area contributed by atoms with Gasteiger partial charge in [0.25, 0.3) is 0 Å². The van der Waals surface area contributed by atoms with Gasteiger partial charge in [-0.1, -0.05) is 24.1 Å². The highest BCUT2D eigenvalue weighted by molar-refractivity contribution is 7.99. The van der Waals surface area contributed by atoms with Crippen molar-refractivity contribution in [2.24, 2.45) is 11.7 Å². The number of carbonyl (C=O) groups is 1. The number of carboxylic acids is 1. The van der Waals surface area contributed by atoms with E-state index < -0.39 is 11.5 Å². The second kappa shape index (κ2) is 5.97. The molecule has 1 aromatic carbocycles. The minimum Gasteiger partial charge on any atom is -0.480 e. The molecule has 1 fully saturated rings. The molecule has 1 aliphatic rings. The number of aliphatic carboxylic acids is 1. The molecule has 0 bridgehead atoms. The molecule has 3 N–H and O–H groups in total. The molecule has 2 unspecified atom stereocenters. The fourth-order valence-corrected chi connectivity index (χ4v) is 3.71. The van der Waals surface area contributed by atoms with Gasteiger partial charge in [0.05, 0.1) is 0 Å². The maximum absolute atomic E-state index is 11.3. The Kier molecular flexibility index (Phi) is 4.53. The Labute approximate surface area is 118 Å². The number of benzene rings is 1. The van der Waals surface area contributed by atoms with E-state index in [9.17, 15) is 9.90 Å². The number of carboxylic acid groups (broad SMARTS) is 1. The lowest BCUT2D eigenvalue weighted by Gasteiger charge is -2.26. The van der Waals surface area contributed by atoms with E-state index in [1.54, 1.807) is 11.8 Å². The van der Waals surface area contributed by atoms with Gasteiger partial charge in [-0.25, -0.2) is 0 Å². The molecule has 0 heterocycles. The van der Waals surface area contributed by atoms with Gasteiger partial charge in [-0.05, 0) is 50.0 Å². The van der Waals surface area contributed by atoms with Crippen molar-refractivity contribution >= 4 is 17.7 Å². The Morgan fingerprint density at radius 2 is 2.16 bits per heavy atom. The molecule has 0 radical (unpaired) electrons. The maximum Gasteiger partial charge on any atom is 0.323 e. The predicted molar refractivity (Wildman–Crippen MR) is 78.4 cm³/mol. The zero-order chi connectivity index (χ0) is 13.9. The maximum atomic E-state index is 11.3. The predicted octanol–water partition coefficient (Wildman–Crippen LogP) is 3.06. The summed E-state index contributed by atoms with van der Waals surface area (Å²) < 4.78 is 0. The molecule has 0 saturated heterocycles. The third-order valence-corrected chi connectivity index (χ3v) is 5.07. The molecule has 1 saturated carbocycles. The van der Waals surface area contributed by atoms with Gasteiger partial charge < -0.3 is 10.8 Å². The first kappa shape index (κ1) is 14.4. The molecule has 3 nitrogen and oxygen atoms in total. The van der Waals surface area contributed by atoms with E-state index in [4.69, 9.17) is 5.73 Å². The molecule has 0 spiro atoms. The van der Waals surface area contributed by atoms with Crippen molar-refractivity contribution in [3.63, 3.8) is 0 Å². The molecule has 1 aliphatic carbocycles. The summed E-state index contributed by atoms with van der Waals surface area (Å²) >= 11 is 1.78. The smallest absolute Gasteiger partial charge is 0.323 e. The van der Waals surface area contributed by atoms with E-state index >= 15 is 0 Å². The Morgan fingerprint density at radius 1 is 1.47 bits per heavy atom. The van der Waals surface area contributed by atoms with Gasteiger partial charge in [0.1, 0.15) is 5.54 Å². The molecule has 2 atom stereocenters. The van der Waals surface area contributed by atoms with Crippen molar-refractivity contribution < 1.29 is 9.90 Å². The zero-order valence-corrected chi connectivity index (χ0v) is 12.1. The van der Waals surface area contributed by atoms with Crippen molar-refractivity contribution in [3.05, 3.63) is 29.8 Å². The van der Waals surface area contributed by atoms with E-state index in [2.05, 4.69) is 31.2 Å². The quantitative estimate of drug-likeness (QED) is 0.813. The van der Waals surface area contributed by atoms with Crippen LogP contribution >= 0.6 is 11.8 Å². The number of hydrogen-bond donors (Lipinski definition) is 2. The lowest BCUT2D eigenvalue weighted by atomic mass is 9.86. The van der Waals surface area contributed by atoms with Gasteiger partial charge in [-0.2, -0.15) is 0 Å². The van der Waals surface area contributed by atoms with Crippen LogP contribution in [0.25, 0.3) is 0 Å². The summed E-state index contributed by atoms with van der Waals surface area (Å²) in [6.45, 7) is 2.07. The van der Waals surface area contributed by atoms with E-state index in [0.717, 1.165) is 25.0 Å². The summed E-state index contributed by atoms with van der Waals surface area (Å²) in [6, 6.07) is 8.42. The number of rotatable bonds is 5. The zero-order valence-electron chi connectivity index (χ0n) is 11.3. The first-order valence-corrected chi connectivity index (χ1v) is 7.72. The summed E-state index contributed by atoms with van der Waals surface area (Å²) in [5, 5.41) is 9.26. The molecular formula is C15H21NO2S. The van der Waals surface area contributed by atoms with Crippen molar-refractivity contribution in [2.45, 2.75) is 43.0 Å². The van der Waals surface area contributed by atoms with Crippen LogP contribution in [-0.4, -0.2) is 22.4 Å². The highest BCUT2D eigenvalue weighted by atomic mass is 32.2. The highest BCUT2D eigenvalue weighted by Crippen LogP contribution is 2.37. The van der Waals surface area contributed by atoms with Crippen molar-refractivity contribution in [1.82, 2.24) is 0 Å². The molecule has 19 heavy (non-hydrogen) atoms. The number of thioether (sulfide) groups is 1. The third-order valence-electron chi connectivity index (χ3n) is 4.03. The lowest BCUT2D eigenvalue weighted by molar-refractivity contribution is -0.144. The van der Waals surface area contributed by atoms with Crippen LogP contribution in [0.1, 0.15) is 31.2 Å². The van der Waals surface area contributed by atoms with Gasteiger partial charge in [-0.3, -0.25) is 4.79 Å². The van der Waals surface area contributed by atoms with E-state index in [0.29, 0.717) is 6.42 Å². The minimum absolute atomic E-state index is 0.114. The molecule has 4 heteroatoms. The van der Waals surface area contributed by atoms with Crippen molar-refractivity contribution in [3.8, 4) is 0 Å². The molecule has 0 aliphatic heterocycles. The van der Waals surface area contributed by atoms with Crippen LogP contribution < -0.4 is 5.73 Å². The van der Waals surface area contributed by atoms with Gasteiger partial charge >= 0.3 is 5.97 Å². The van der Waals surface area contributed by atoms with Gasteiger partial charge in [-0.15, -0.1) is 11.8 Å². The summed E-state index contributed by atoms with van der Waals surface area (Å²) in [5.74, 6) is 0.207. The largest absolute Gasteiger partial charge is 0.480 e. The Hall–Kier alpha value is -1.00. The molecule has 2 rings (SSSR count). The summed E-state index contributed by atoms with van der Waals surface area (Å²) in [4.78, 5) is 12.5. The minimum atomic E-state index is -0.992. The highest BCUT2D eigenvalue weighted by Gasteiger charge is 2.45. The van der Waals surface area contributed by atoms with Crippen LogP contribution in [-0.2, 0) is 4.79 Å². The average molecular weight is 279 g/mol. The summed E-state index contributed by atoms with van der Waals surface area (Å²) in [6.07, 6.45) is 3.36. The molecule has 0 amide bonds. The third kappa shape index (κ3) is 3.31. The topological polar surface area (TPSA) is 63.3 Å². The second-order valence-electron chi connectivity index (χ2n) is 5.38. The van der Waals surface area contributed by atoms with Crippen LogP contribution in [0.2, 0.25) is 0 Å². The van der Waals surface area contributed by atoms with Gasteiger partial charge in [0, 0.05) is 4.90 Å². The van der Waals surface area contributed by atoms with Crippen LogP contribution in [0.15, 0.2) is 29.2 Å². The van der Waals surface area contributed by atoms with Crippen LogP contribution in [0.5, 0.6) is 0 Å². The average Bonchev–Trinajstić information content (AvgIpc) is 2.75. The molecule has 0 aromatic heterocycles. The van der Waals surface area contributed by atoms with Crippen molar-refractivity contribution in [2.75, 3.05) is 5.75 Å².